The molecule has 23 heavy (non-hydrogen) atoms. The fraction of sp³-hybridized carbons (Fsp3) is 0.737. The molecule has 0 aliphatic carbocycles. The summed E-state index contributed by atoms with van der Waals surface area (Å²) in [6.07, 6.45) is 6.49. The van der Waals surface area contributed by atoms with Gasteiger partial charge in [0, 0.05) is 24.6 Å². The lowest BCUT2D eigenvalue weighted by Crippen LogP contribution is -2.25. The van der Waals surface area contributed by atoms with Crippen LogP contribution in [-0.4, -0.2) is 36.6 Å². The van der Waals surface area contributed by atoms with Crippen molar-refractivity contribution in [1.82, 2.24) is 9.88 Å². The highest BCUT2D eigenvalue weighted by atomic mass is 16.6. The second-order valence-electron chi connectivity index (χ2n) is 5.96. The number of hydrogen-bond donors (Lipinski definition) is 0. The molecule has 1 aliphatic rings. The van der Waals surface area contributed by atoms with Gasteiger partial charge in [-0.3, -0.25) is 0 Å². The molecule has 2 heterocycles. The van der Waals surface area contributed by atoms with Crippen LogP contribution in [0.2, 0.25) is 0 Å². The van der Waals surface area contributed by atoms with Gasteiger partial charge in [-0.25, -0.2) is 4.98 Å². The molecule has 0 radical (unpaired) electrons. The summed E-state index contributed by atoms with van der Waals surface area (Å²) < 4.78 is 11.8. The summed E-state index contributed by atoms with van der Waals surface area (Å²) in [5.41, 5.74) is 2.15. The highest BCUT2D eigenvalue weighted by Gasteiger charge is 2.22. The topological polar surface area (TPSA) is 38.5 Å². The summed E-state index contributed by atoms with van der Waals surface area (Å²) in [7, 11) is 2.13. The molecule has 0 bridgehead atoms. The van der Waals surface area contributed by atoms with E-state index in [9.17, 15) is 0 Å². The minimum absolute atomic E-state index is 0.362. The number of likely N-dealkylation sites (N-methyl/N-ethyl adjacent to an activating group) is 1. The van der Waals surface area contributed by atoms with E-state index in [0.29, 0.717) is 18.5 Å². The van der Waals surface area contributed by atoms with Crippen LogP contribution in [0, 0.1) is 0 Å². The van der Waals surface area contributed by atoms with Crippen LogP contribution in [0.4, 0.5) is 0 Å². The highest BCUT2D eigenvalue weighted by molar-refractivity contribution is 5.61. The number of unbranched alkanes of at least 4 members (excludes halogenated alkanes) is 1. The number of oxazole rings is 1. The number of rotatable bonds is 7. The minimum Gasteiger partial charge on any atom is -0.464 e. The van der Waals surface area contributed by atoms with E-state index < -0.39 is 0 Å². The Balaban J connectivity index is 0.00000127. The number of aromatic nitrogens is 1. The second-order valence-corrected chi connectivity index (χ2v) is 5.96. The van der Waals surface area contributed by atoms with Crippen molar-refractivity contribution in [3.8, 4) is 5.95 Å². The van der Waals surface area contributed by atoms with Crippen LogP contribution in [0.5, 0.6) is 5.95 Å². The Morgan fingerprint density at radius 1 is 1.35 bits per heavy atom. The SMILES string of the molecule is CC.CCCCOc1oc(C2=CCCN(C)C2)nc1[C@H](C)CC. The molecule has 0 N–H and O–H groups in total. The Labute approximate surface area is 141 Å². The molecule has 1 aromatic heterocycles. The van der Waals surface area contributed by atoms with Crippen molar-refractivity contribution < 1.29 is 9.15 Å². The van der Waals surface area contributed by atoms with Gasteiger partial charge in [-0.15, -0.1) is 0 Å². The van der Waals surface area contributed by atoms with Crippen molar-refractivity contribution in [2.24, 2.45) is 0 Å². The predicted octanol–water partition coefficient (Wildman–Crippen LogP) is 5.11. The summed E-state index contributed by atoms with van der Waals surface area (Å²) in [4.78, 5) is 7.02. The van der Waals surface area contributed by atoms with Gasteiger partial charge >= 0.3 is 5.95 Å². The lowest BCUT2D eigenvalue weighted by atomic mass is 10.1. The third kappa shape index (κ3) is 5.69. The van der Waals surface area contributed by atoms with Crippen LogP contribution in [-0.2, 0) is 0 Å². The van der Waals surface area contributed by atoms with E-state index >= 15 is 0 Å². The van der Waals surface area contributed by atoms with E-state index in [2.05, 4.69) is 38.8 Å². The average Bonchev–Trinajstić information content (AvgIpc) is 3.00. The molecule has 2 rings (SSSR count). The molecule has 0 fully saturated rings. The monoisotopic (exact) mass is 322 g/mol. The first-order chi connectivity index (χ1) is 11.2. The Bertz CT molecular complexity index is 480. The van der Waals surface area contributed by atoms with Crippen LogP contribution >= 0.6 is 0 Å². The minimum atomic E-state index is 0.362. The second kappa shape index (κ2) is 10.5. The normalized spacial score (nSPS) is 16.3. The lowest BCUT2D eigenvalue weighted by Gasteiger charge is -2.20. The smallest absolute Gasteiger partial charge is 0.309 e. The first-order valence-electron chi connectivity index (χ1n) is 9.17. The van der Waals surface area contributed by atoms with Crippen LogP contribution in [0.15, 0.2) is 10.5 Å². The molecule has 4 heteroatoms. The molecule has 1 atom stereocenters. The van der Waals surface area contributed by atoms with Gasteiger partial charge in [0.2, 0.25) is 5.89 Å². The van der Waals surface area contributed by atoms with E-state index in [1.807, 2.05) is 13.8 Å². The third-order valence-corrected chi connectivity index (χ3v) is 4.05. The molecule has 0 saturated heterocycles. The average molecular weight is 322 g/mol. The van der Waals surface area contributed by atoms with E-state index in [0.717, 1.165) is 50.4 Å². The maximum Gasteiger partial charge on any atom is 0.309 e. The predicted molar refractivity (Wildman–Crippen MR) is 97.1 cm³/mol. The van der Waals surface area contributed by atoms with Gasteiger partial charge in [0.1, 0.15) is 5.69 Å². The summed E-state index contributed by atoms with van der Waals surface area (Å²) in [6, 6.07) is 0. The van der Waals surface area contributed by atoms with Crippen molar-refractivity contribution in [2.45, 2.75) is 66.2 Å². The Hall–Kier alpha value is -1.29. The maximum absolute atomic E-state index is 5.94. The van der Waals surface area contributed by atoms with Crippen molar-refractivity contribution in [1.29, 1.82) is 0 Å². The molecule has 0 aromatic carbocycles. The van der Waals surface area contributed by atoms with Crippen molar-refractivity contribution in [3.05, 3.63) is 17.7 Å². The number of hydrogen-bond acceptors (Lipinski definition) is 4. The fourth-order valence-corrected chi connectivity index (χ4v) is 2.42. The molecule has 0 amide bonds. The zero-order chi connectivity index (χ0) is 17.2. The molecule has 4 nitrogen and oxygen atoms in total. The van der Waals surface area contributed by atoms with Gasteiger partial charge in [-0.05, 0) is 26.3 Å². The zero-order valence-electron chi connectivity index (χ0n) is 15.8. The molecular weight excluding hydrogens is 288 g/mol. The van der Waals surface area contributed by atoms with E-state index in [1.54, 1.807) is 0 Å². The van der Waals surface area contributed by atoms with Crippen LogP contribution in [0.1, 0.15) is 77.8 Å². The zero-order valence-corrected chi connectivity index (χ0v) is 15.8. The van der Waals surface area contributed by atoms with Crippen molar-refractivity contribution in [2.75, 3.05) is 26.7 Å². The van der Waals surface area contributed by atoms with Crippen LogP contribution in [0.3, 0.4) is 0 Å². The van der Waals surface area contributed by atoms with Gasteiger partial charge in [0.05, 0.1) is 6.61 Å². The Morgan fingerprint density at radius 2 is 2.09 bits per heavy atom. The summed E-state index contributed by atoms with van der Waals surface area (Å²) >= 11 is 0. The standard InChI is InChI=1S/C17H28N2O2.C2H6/c1-5-7-11-20-17-15(13(3)6-2)18-16(21-17)14-9-8-10-19(4)12-14;1-2/h9,13H,5-8,10-12H2,1-4H3;1-2H3/t13-;/m1./s1. The van der Waals surface area contributed by atoms with Crippen LogP contribution in [0.25, 0.3) is 5.57 Å². The first kappa shape index (κ1) is 19.8. The highest BCUT2D eigenvalue weighted by Crippen LogP contribution is 2.32. The molecule has 132 valence electrons. The molecule has 0 saturated carbocycles. The van der Waals surface area contributed by atoms with Crippen LogP contribution < -0.4 is 4.74 Å². The molecule has 1 aromatic rings. The lowest BCUT2D eigenvalue weighted by molar-refractivity contribution is 0.231. The van der Waals surface area contributed by atoms with Gasteiger partial charge in [-0.2, -0.15) is 0 Å². The third-order valence-electron chi connectivity index (χ3n) is 4.05. The summed E-state index contributed by atoms with van der Waals surface area (Å²) in [5.74, 6) is 1.73. The van der Waals surface area contributed by atoms with E-state index in [-0.39, 0.29) is 0 Å². The Kier molecular flexibility index (Phi) is 9.00. The van der Waals surface area contributed by atoms with Gasteiger partial charge in [-0.1, -0.05) is 47.1 Å². The van der Waals surface area contributed by atoms with Crippen molar-refractivity contribution in [3.63, 3.8) is 0 Å². The quantitative estimate of drug-likeness (QED) is 0.654. The molecule has 0 unspecified atom stereocenters. The molecular formula is C19H34N2O2. The maximum atomic E-state index is 5.94. The molecule has 1 aliphatic heterocycles. The summed E-state index contributed by atoms with van der Waals surface area (Å²) in [6.45, 7) is 13.2. The van der Waals surface area contributed by atoms with Gasteiger partial charge in [0.25, 0.3) is 0 Å². The van der Waals surface area contributed by atoms with Gasteiger partial charge in [0.15, 0.2) is 0 Å². The summed E-state index contributed by atoms with van der Waals surface area (Å²) in [5, 5.41) is 0. The Morgan fingerprint density at radius 3 is 2.70 bits per heavy atom. The van der Waals surface area contributed by atoms with E-state index in [4.69, 9.17) is 14.1 Å². The first-order valence-corrected chi connectivity index (χ1v) is 9.17. The van der Waals surface area contributed by atoms with Gasteiger partial charge < -0.3 is 14.1 Å². The number of nitrogens with zero attached hydrogens (tertiary/aromatic N) is 2. The van der Waals surface area contributed by atoms with Crippen molar-refractivity contribution >= 4 is 5.57 Å². The molecule has 0 spiro atoms. The number of ether oxygens (including phenoxy) is 1. The van der Waals surface area contributed by atoms with E-state index in [1.165, 1.54) is 5.57 Å². The fourth-order valence-electron chi connectivity index (χ4n) is 2.42. The largest absolute Gasteiger partial charge is 0.464 e.